The molecular formula is C26H27N3O3. The van der Waals surface area contributed by atoms with Gasteiger partial charge in [-0.3, -0.25) is 0 Å². The lowest BCUT2D eigenvalue weighted by Gasteiger charge is -2.15. The van der Waals surface area contributed by atoms with Crippen LogP contribution in [-0.4, -0.2) is 24.2 Å². The number of nitrogens with one attached hydrogen (secondary N) is 2. The highest BCUT2D eigenvalue weighted by Gasteiger charge is 2.11. The van der Waals surface area contributed by atoms with E-state index in [1.54, 1.807) is 7.11 Å². The molecule has 6 heteroatoms. The number of amides is 1. The number of fused-ring (bicyclic) bond motifs is 2. The quantitative estimate of drug-likeness (QED) is 0.363. The van der Waals surface area contributed by atoms with Crippen LogP contribution in [0.1, 0.15) is 25.0 Å². The fourth-order valence-electron chi connectivity index (χ4n) is 3.55. The van der Waals surface area contributed by atoms with Crippen LogP contribution in [0.2, 0.25) is 0 Å². The average Bonchev–Trinajstić information content (AvgIpc) is 2.77. The molecule has 0 unspecified atom stereocenters. The molecule has 0 atom stereocenters. The molecule has 164 valence electrons. The predicted molar refractivity (Wildman–Crippen MR) is 129 cm³/mol. The predicted octanol–water partition coefficient (Wildman–Crippen LogP) is 6.08. The Balaban J connectivity index is 1.63. The number of benzene rings is 3. The average molecular weight is 430 g/mol. The summed E-state index contributed by atoms with van der Waals surface area (Å²) in [7, 11) is 1.66. The third-order valence-electron chi connectivity index (χ3n) is 5.14. The number of hydrogen-bond acceptors (Lipinski definition) is 5. The Morgan fingerprint density at radius 1 is 0.969 bits per heavy atom. The normalized spacial score (nSPS) is 11.0. The highest BCUT2D eigenvalue weighted by molar-refractivity contribution is 6.09. The molecule has 6 nitrogen and oxygen atoms in total. The van der Waals surface area contributed by atoms with Crippen LogP contribution in [0.4, 0.5) is 16.2 Å². The highest BCUT2D eigenvalue weighted by atomic mass is 16.5. The van der Waals surface area contributed by atoms with Crippen LogP contribution in [0.15, 0.2) is 60.7 Å². The molecule has 0 aliphatic rings. The molecule has 1 aromatic heterocycles. The molecule has 2 N–H and O–H groups in total. The van der Waals surface area contributed by atoms with Crippen molar-refractivity contribution in [1.29, 1.82) is 0 Å². The number of aryl methyl sites for hydroxylation is 1. The van der Waals surface area contributed by atoms with Crippen molar-refractivity contribution in [3.63, 3.8) is 0 Å². The molecule has 0 saturated carbocycles. The van der Waals surface area contributed by atoms with E-state index in [4.69, 9.17) is 14.5 Å². The summed E-state index contributed by atoms with van der Waals surface area (Å²) >= 11 is 0. The molecule has 32 heavy (non-hydrogen) atoms. The SMILES string of the molecule is COc1ccc2c(Nc3ccc(COC(=O)NC(C)C)cc3)c3ccc(C)cc3nc2c1. The molecule has 1 heterocycles. The molecule has 0 radical (unpaired) electrons. The molecule has 4 aromatic rings. The van der Waals surface area contributed by atoms with E-state index in [1.807, 2.05) is 56.3 Å². The van der Waals surface area contributed by atoms with E-state index >= 15 is 0 Å². The second kappa shape index (κ2) is 9.14. The van der Waals surface area contributed by atoms with Crippen molar-refractivity contribution in [3.8, 4) is 5.75 Å². The van der Waals surface area contributed by atoms with Crippen molar-refractivity contribution >= 4 is 39.3 Å². The third-order valence-corrected chi connectivity index (χ3v) is 5.14. The van der Waals surface area contributed by atoms with Crippen molar-refractivity contribution in [1.82, 2.24) is 10.3 Å². The minimum absolute atomic E-state index is 0.0443. The summed E-state index contributed by atoms with van der Waals surface area (Å²) < 4.78 is 10.6. The Labute approximate surface area is 187 Å². The van der Waals surface area contributed by atoms with Gasteiger partial charge in [0.15, 0.2) is 0 Å². The number of rotatable bonds is 6. The number of methoxy groups -OCH3 is 1. The van der Waals surface area contributed by atoms with E-state index in [0.29, 0.717) is 0 Å². The summed E-state index contributed by atoms with van der Waals surface area (Å²) in [5.74, 6) is 0.772. The molecule has 0 bridgehead atoms. The number of nitrogens with zero attached hydrogens (tertiary/aromatic N) is 1. The van der Waals surface area contributed by atoms with Gasteiger partial charge in [-0.2, -0.15) is 0 Å². The van der Waals surface area contributed by atoms with Crippen molar-refractivity contribution in [2.75, 3.05) is 12.4 Å². The van der Waals surface area contributed by atoms with E-state index in [1.165, 1.54) is 0 Å². The minimum atomic E-state index is -0.414. The molecule has 0 spiro atoms. The first kappa shape index (κ1) is 21.4. The van der Waals surface area contributed by atoms with Gasteiger partial charge in [-0.1, -0.05) is 24.3 Å². The number of aromatic nitrogens is 1. The van der Waals surface area contributed by atoms with Crippen molar-refractivity contribution < 1.29 is 14.3 Å². The number of anilines is 2. The summed E-state index contributed by atoms with van der Waals surface area (Å²) in [5.41, 5.74) is 5.79. The van der Waals surface area contributed by atoms with E-state index in [0.717, 1.165) is 50.1 Å². The first-order valence-electron chi connectivity index (χ1n) is 10.6. The number of carbonyl (C=O) groups excluding carboxylic acids is 1. The first-order chi connectivity index (χ1) is 15.4. The lowest BCUT2D eigenvalue weighted by atomic mass is 10.1. The summed E-state index contributed by atoms with van der Waals surface area (Å²) in [4.78, 5) is 16.5. The Morgan fingerprint density at radius 3 is 2.34 bits per heavy atom. The van der Waals surface area contributed by atoms with Crippen LogP contribution in [0.25, 0.3) is 21.8 Å². The number of hydrogen-bond donors (Lipinski definition) is 2. The molecule has 4 rings (SSSR count). The molecule has 0 aliphatic carbocycles. The van der Waals surface area contributed by atoms with Crippen molar-refractivity contribution in [3.05, 3.63) is 71.8 Å². The van der Waals surface area contributed by atoms with Gasteiger partial charge in [0.1, 0.15) is 12.4 Å². The van der Waals surface area contributed by atoms with Gasteiger partial charge in [0.25, 0.3) is 0 Å². The number of alkyl carbamates (subject to hydrolysis) is 1. The van der Waals surface area contributed by atoms with Gasteiger partial charge in [0.2, 0.25) is 0 Å². The second-order valence-corrected chi connectivity index (χ2v) is 8.09. The summed E-state index contributed by atoms with van der Waals surface area (Å²) in [5, 5.41) is 8.34. The molecular weight excluding hydrogens is 402 g/mol. The maximum absolute atomic E-state index is 11.7. The number of ether oxygens (including phenoxy) is 2. The van der Waals surface area contributed by atoms with Gasteiger partial charge in [-0.05, 0) is 62.2 Å². The van der Waals surface area contributed by atoms with Gasteiger partial charge in [-0.25, -0.2) is 9.78 Å². The zero-order chi connectivity index (χ0) is 22.7. The lowest BCUT2D eigenvalue weighted by Crippen LogP contribution is -2.30. The van der Waals surface area contributed by atoms with E-state index in [9.17, 15) is 4.79 Å². The minimum Gasteiger partial charge on any atom is -0.497 e. The van der Waals surface area contributed by atoms with Gasteiger partial charge in [0.05, 0.1) is 23.8 Å². The van der Waals surface area contributed by atoms with Gasteiger partial charge in [-0.15, -0.1) is 0 Å². The zero-order valence-corrected chi connectivity index (χ0v) is 18.7. The lowest BCUT2D eigenvalue weighted by molar-refractivity contribution is 0.137. The standard InChI is InChI=1S/C26H27N3O3/c1-16(2)27-26(30)32-15-18-6-8-19(9-7-18)28-25-21-11-5-17(3)13-23(21)29-24-14-20(31-4)10-12-22(24)25/h5-14,16H,15H2,1-4H3,(H,27,30)(H,28,29). The van der Waals surface area contributed by atoms with Gasteiger partial charge >= 0.3 is 6.09 Å². The van der Waals surface area contributed by atoms with Crippen LogP contribution in [0, 0.1) is 6.92 Å². The van der Waals surface area contributed by atoms with E-state index in [2.05, 4.69) is 35.8 Å². The van der Waals surface area contributed by atoms with E-state index < -0.39 is 6.09 Å². The van der Waals surface area contributed by atoms with Gasteiger partial charge in [0, 0.05) is 28.6 Å². The van der Waals surface area contributed by atoms with Crippen molar-refractivity contribution in [2.45, 2.75) is 33.4 Å². The Bertz CT molecular complexity index is 1270. The van der Waals surface area contributed by atoms with Crippen LogP contribution in [0.5, 0.6) is 5.75 Å². The largest absolute Gasteiger partial charge is 0.497 e. The highest BCUT2D eigenvalue weighted by Crippen LogP contribution is 2.35. The monoisotopic (exact) mass is 429 g/mol. The van der Waals surface area contributed by atoms with Crippen LogP contribution in [-0.2, 0) is 11.3 Å². The van der Waals surface area contributed by atoms with Crippen LogP contribution in [0.3, 0.4) is 0 Å². The summed E-state index contributed by atoms with van der Waals surface area (Å²) in [6.07, 6.45) is -0.414. The van der Waals surface area contributed by atoms with Gasteiger partial charge < -0.3 is 20.1 Å². The Hall–Kier alpha value is -3.80. The fraction of sp³-hybridized carbons (Fsp3) is 0.231. The smallest absolute Gasteiger partial charge is 0.407 e. The van der Waals surface area contributed by atoms with E-state index in [-0.39, 0.29) is 12.6 Å². The number of pyridine rings is 1. The zero-order valence-electron chi connectivity index (χ0n) is 18.7. The first-order valence-corrected chi connectivity index (χ1v) is 10.6. The van der Waals surface area contributed by atoms with Crippen molar-refractivity contribution in [2.24, 2.45) is 0 Å². The molecule has 1 amide bonds. The topological polar surface area (TPSA) is 72.5 Å². The maximum Gasteiger partial charge on any atom is 0.407 e. The molecule has 0 saturated heterocycles. The summed E-state index contributed by atoms with van der Waals surface area (Å²) in [6.45, 7) is 6.07. The Morgan fingerprint density at radius 2 is 1.66 bits per heavy atom. The maximum atomic E-state index is 11.7. The summed E-state index contributed by atoms with van der Waals surface area (Å²) in [6, 6.07) is 20.1. The molecule has 0 aliphatic heterocycles. The third kappa shape index (κ3) is 4.75. The molecule has 3 aromatic carbocycles. The molecule has 0 fully saturated rings. The Kier molecular flexibility index (Phi) is 6.12. The van der Waals surface area contributed by atoms with Crippen LogP contribution < -0.4 is 15.4 Å². The fourth-order valence-corrected chi connectivity index (χ4v) is 3.55. The second-order valence-electron chi connectivity index (χ2n) is 8.09. The number of carbonyl (C=O) groups is 1. The van der Waals surface area contributed by atoms with Crippen LogP contribution >= 0.6 is 0 Å².